The number of carbonyl (C=O) groups excluding carboxylic acids is 1. The van der Waals surface area contributed by atoms with Crippen molar-refractivity contribution in [3.8, 4) is 0 Å². The van der Waals surface area contributed by atoms with E-state index in [0.717, 1.165) is 17.8 Å². The van der Waals surface area contributed by atoms with Crippen molar-refractivity contribution in [3.63, 3.8) is 0 Å². The Balaban J connectivity index is 1.42. The van der Waals surface area contributed by atoms with E-state index in [4.69, 9.17) is 0 Å². The molecule has 3 aromatic rings. The maximum atomic E-state index is 12.8. The Bertz CT molecular complexity index is 1020. The molecule has 1 aliphatic rings. The van der Waals surface area contributed by atoms with Crippen LogP contribution in [0.3, 0.4) is 0 Å². The molecule has 1 aromatic carbocycles. The van der Waals surface area contributed by atoms with E-state index in [1.807, 2.05) is 17.9 Å². The fourth-order valence-electron chi connectivity index (χ4n) is 3.46. The van der Waals surface area contributed by atoms with E-state index in [0.29, 0.717) is 49.6 Å². The number of aromatic nitrogens is 4. The predicted molar refractivity (Wildman–Crippen MR) is 99.3 cm³/mol. The number of amides is 1. The smallest absolute Gasteiger partial charge is 0.331 e. The second-order valence-corrected chi connectivity index (χ2v) is 6.85. The summed E-state index contributed by atoms with van der Waals surface area (Å²) in [6, 6.07) is 7.84. The fourth-order valence-corrected chi connectivity index (χ4v) is 3.46. The molecule has 3 heterocycles. The molecular weight excluding hydrogens is 385 g/mol. The van der Waals surface area contributed by atoms with E-state index in [2.05, 4.69) is 15.3 Å². The van der Waals surface area contributed by atoms with E-state index < -0.39 is 11.7 Å². The summed E-state index contributed by atoms with van der Waals surface area (Å²) in [6.07, 6.45) is -3.41. The first kappa shape index (κ1) is 19.2. The summed E-state index contributed by atoms with van der Waals surface area (Å²) in [5.41, 5.74) is 1.39. The molecule has 7 nitrogen and oxygen atoms in total. The Labute approximate surface area is 164 Å². The summed E-state index contributed by atoms with van der Waals surface area (Å²) in [5.74, 6) is 0.511. The minimum atomic E-state index is -4.37. The van der Waals surface area contributed by atoms with Crippen molar-refractivity contribution >= 4 is 22.8 Å². The highest BCUT2D eigenvalue weighted by Gasteiger charge is 2.33. The van der Waals surface area contributed by atoms with Crippen LogP contribution in [0.4, 0.5) is 19.0 Å². The van der Waals surface area contributed by atoms with E-state index >= 15 is 0 Å². The Morgan fingerprint density at radius 1 is 1.14 bits per heavy atom. The van der Waals surface area contributed by atoms with Gasteiger partial charge in [-0.1, -0.05) is 5.21 Å². The molecule has 29 heavy (non-hydrogen) atoms. The monoisotopic (exact) mass is 405 g/mol. The summed E-state index contributed by atoms with van der Waals surface area (Å²) in [4.78, 5) is 19.2. The van der Waals surface area contributed by atoms with Gasteiger partial charge in [0.25, 0.3) is 11.7 Å². The molecular formula is C19H20F3N6O+. The number of halogens is 3. The number of aromatic amines is 1. The van der Waals surface area contributed by atoms with Crippen LogP contribution < -0.4 is 9.88 Å². The van der Waals surface area contributed by atoms with Gasteiger partial charge in [0.05, 0.1) is 24.2 Å². The number of pyridine rings is 1. The number of aryl methyl sites for hydroxylation is 1. The first-order valence-corrected chi connectivity index (χ1v) is 9.33. The van der Waals surface area contributed by atoms with Crippen molar-refractivity contribution < 1.29 is 22.9 Å². The molecule has 10 heteroatoms. The number of hydrogen-bond acceptors (Lipinski definition) is 4. The van der Waals surface area contributed by atoms with Crippen molar-refractivity contribution in [1.82, 2.24) is 19.9 Å². The largest absolute Gasteiger partial charge is 0.419 e. The van der Waals surface area contributed by atoms with E-state index in [9.17, 15) is 18.0 Å². The van der Waals surface area contributed by atoms with E-state index in [-0.39, 0.29) is 5.91 Å². The molecule has 0 radical (unpaired) electrons. The normalized spacial score (nSPS) is 15.2. The van der Waals surface area contributed by atoms with E-state index in [1.54, 1.807) is 21.7 Å². The molecule has 152 valence electrons. The predicted octanol–water partition coefficient (Wildman–Crippen LogP) is 2.25. The minimum Gasteiger partial charge on any atom is -0.331 e. The second kappa shape index (κ2) is 7.34. The molecule has 1 fully saturated rings. The van der Waals surface area contributed by atoms with Crippen molar-refractivity contribution in [2.24, 2.45) is 0 Å². The number of anilines is 1. The molecule has 1 amide bonds. The number of piperazine rings is 1. The van der Waals surface area contributed by atoms with Crippen molar-refractivity contribution in [1.29, 1.82) is 0 Å². The Kier molecular flexibility index (Phi) is 4.85. The number of hydrogen-bond donors (Lipinski definition) is 0. The van der Waals surface area contributed by atoms with Crippen LogP contribution in [0.15, 0.2) is 36.5 Å². The summed E-state index contributed by atoms with van der Waals surface area (Å²) >= 11 is 0. The van der Waals surface area contributed by atoms with Crippen LogP contribution in [-0.2, 0) is 12.7 Å². The maximum absolute atomic E-state index is 12.8. The third kappa shape index (κ3) is 3.74. The Hall–Kier alpha value is -3.17. The van der Waals surface area contributed by atoms with Gasteiger partial charge in [0.15, 0.2) is 0 Å². The second-order valence-electron chi connectivity index (χ2n) is 6.85. The molecule has 1 aliphatic heterocycles. The highest BCUT2D eigenvalue weighted by atomic mass is 19.4. The van der Waals surface area contributed by atoms with Crippen LogP contribution in [-0.4, -0.2) is 52.0 Å². The summed E-state index contributed by atoms with van der Waals surface area (Å²) in [5, 5.41) is 8.16. The lowest BCUT2D eigenvalue weighted by atomic mass is 10.1. The van der Waals surface area contributed by atoms with Crippen LogP contribution in [0.5, 0.6) is 0 Å². The summed E-state index contributed by atoms with van der Waals surface area (Å²) < 4.78 is 39.9. The van der Waals surface area contributed by atoms with Crippen LogP contribution in [0.2, 0.25) is 0 Å². The van der Waals surface area contributed by atoms with Gasteiger partial charge in [-0.15, -0.1) is 5.10 Å². The lowest BCUT2D eigenvalue weighted by Gasteiger charge is -2.31. The molecule has 0 saturated carbocycles. The standard InChI is InChI=1S/C19H19F3N6O/c1-2-28-16-5-3-13(11-15(16)24-25-28)18(29)27-9-7-26(8-10-27)17-6-4-14(12-23-17)19(20,21)22/h3-6,11-12H,2,7-10H2,1H3/p+1. The Morgan fingerprint density at radius 3 is 2.52 bits per heavy atom. The van der Waals surface area contributed by atoms with Crippen LogP contribution in [0.25, 0.3) is 11.0 Å². The van der Waals surface area contributed by atoms with Crippen molar-refractivity contribution in [3.05, 3.63) is 47.7 Å². The first-order chi connectivity index (χ1) is 13.9. The molecule has 0 aliphatic carbocycles. The quantitative estimate of drug-likeness (QED) is 0.670. The van der Waals surface area contributed by atoms with Gasteiger partial charge in [0, 0.05) is 18.2 Å². The topological polar surface area (TPSA) is 68.4 Å². The molecule has 1 saturated heterocycles. The molecule has 1 N–H and O–H groups in total. The number of fused-ring (bicyclic) bond motifs is 1. The van der Waals surface area contributed by atoms with Crippen LogP contribution in [0, 0.1) is 0 Å². The third-order valence-corrected chi connectivity index (χ3v) is 5.09. The lowest BCUT2D eigenvalue weighted by Crippen LogP contribution is -2.50. The van der Waals surface area contributed by atoms with Gasteiger partial charge in [0.2, 0.25) is 0 Å². The van der Waals surface area contributed by atoms with Gasteiger partial charge in [-0.05, 0) is 31.2 Å². The number of nitrogens with one attached hydrogen (secondary N) is 1. The number of nitrogens with zero attached hydrogens (tertiary/aromatic N) is 5. The summed E-state index contributed by atoms with van der Waals surface area (Å²) in [6.45, 7) is 4.69. The minimum absolute atomic E-state index is 0.0889. The molecule has 2 aromatic heterocycles. The zero-order valence-electron chi connectivity index (χ0n) is 15.8. The zero-order valence-corrected chi connectivity index (χ0v) is 15.8. The van der Waals surface area contributed by atoms with Gasteiger partial charge < -0.3 is 4.90 Å². The highest BCUT2D eigenvalue weighted by Crippen LogP contribution is 2.28. The van der Waals surface area contributed by atoms with Gasteiger partial charge >= 0.3 is 6.18 Å². The van der Waals surface area contributed by atoms with Gasteiger partial charge in [-0.3, -0.25) is 9.69 Å². The number of carbonyl (C=O) groups is 1. The molecule has 0 spiro atoms. The maximum Gasteiger partial charge on any atom is 0.419 e. The van der Waals surface area contributed by atoms with Gasteiger partial charge in [-0.25, -0.2) is 9.67 Å². The number of benzene rings is 1. The number of H-pyrrole nitrogens is 1. The van der Waals surface area contributed by atoms with Crippen LogP contribution >= 0.6 is 0 Å². The van der Waals surface area contributed by atoms with Gasteiger partial charge in [0.1, 0.15) is 24.8 Å². The molecule has 4 rings (SSSR count). The summed E-state index contributed by atoms with van der Waals surface area (Å²) in [7, 11) is 0. The highest BCUT2D eigenvalue weighted by molar-refractivity contribution is 5.97. The van der Waals surface area contributed by atoms with Crippen LogP contribution in [0.1, 0.15) is 22.8 Å². The lowest BCUT2D eigenvalue weighted by molar-refractivity contribution is -0.367. The van der Waals surface area contributed by atoms with Crippen molar-refractivity contribution in [2.45, 2.75) is 19.6 Å². The van der Waals surface area contributed by atoms with E-state index in [1.165, 1.54) is 6.07 Å². The fraction of sp³-hybridized carbons (Fsp3) is 0.368. The zero-order chi connectivity index (χ0) is 20.6. The van der Waals surface area contributed by atoms with Gasteiger partial charge in [-0.2, -0.15) is 13.2 Å². The number of alkyl halides is 3. The average Bonchev–Trinajstić information content (AvgIpc) is 3.15. The number of rotatable bonds is 3. The molecule has 0 atom stereocenters. The Morgan fingerprint density at radius 2 is 1.90 bits per heavy atom. The molecule has 0 bridgehead atoms. The first-order valence-electron chi connectivity index (χ1n) is 9.33. The van der Waals surface area contributed by atoms with Crippen molar-refractivity contribution in [2.75, 3.05) is 31.1 Å². The third-order valence-electron chi connectivity index (χ3n) is 5.09. The SMILES string of the molecule is CCn1nnc2cc(C(=O)N3CCN(c4ccc(C(F)(F)F)c[nH+]4)CC3)ccc21. The average molecular weight is 405 g/mol. The molecule has 0 unspecified atom stereocenters.